The van der Waals surface area contributed by atoms with Crippen LogP contribution in [0.3, 0.4) is 0 Å². The van der Waals surface area contributed by atoms with Crippen LogP contribution in [0.4, 0.5) is 18.9 Å². The highest BCUT2D eigenvalue weighted by Gasteiger charge is 2.51. The summed E-state index contributed by atoms with van der Waals surface area (Å²) in [5.41, 5.74) is -0.200. The zero-order chi connectivity index (χ0) is 19.0. The predicted molar refractivity (Wildman–Crippen MR) is 93.9 cm³/mol. The zero-order valence-corrected chi connectivity index (χ0v) is 15.1. The number of hydrogen-bond acceptors (Lipinski definition) is 2. The van der Waals surface area contributed by atoms with Gasteiger partial charge in [-0.3, -0.25) is 4.79 Å². The van der Waals surface area contributed by atoms with Gasteiger partial charge in [-0.15, -0.1) is 0 Å². The molecule has 2 aliphatic rings. The molecule has 0 radical (unpaired) electrons. The molecular weight excluding hydrogens is 343 g/mol. The van der Waals surface area contributed by atoms with Crippen molar-refractivity contribution < 1.29 is 23.1 Å². The Labute approximate surface area is 152 Å². The topological polar surface area (TPSA) is 40.5 Å². The molecule has 1 aromatic carbocycles. The number of alkyl halides is 3. The lowest BCUT2D eigenvalue weighted by Gasteiger charge is -2.41. The van der Waals surface area contributed by atoms with Crippen LogP contribution >= 0.6 is 0 Å². The van der Waals surface area contributed by atoms with E-state index in [2.05, 4.69) is 0 Å². The molecule has 3 nitrogen and oxygen atoms in total. The normalized spacial score (nSPS) is 29.6. The number of anilines is 1. The van der Waals surface area contributed by atoms with Crippen molar-refractivity contribution in [1.82, 2.24) is 0 Å². The fraction of sp³-hybridized carbons (Fsp3) is 0.650. The van der Waals surface area contributed by atoms with Crippen molar-refractivity contribution in [2.75, 3.05) is 11.4 Å². The molecule has 1 spiro atoms. The Morgan fingerprint density at radius 3 is 2.23 bits per heavy atom. The molecule has 1 heterocycles. The molecule has 6 heteroatoms. The van der Waals surface area contributed by atoms with E-state index in [0.717, 1.165) is 19.3 Å². The molecular formula is C20H26F3NO2. The number of carbonyl (C=O) groups is 1. The van der Waals surface area contributed by atoms with Gasteiger partial charge in [-0.05, 0) is 56.2 Å². The first-order valence-electron chi connectivity index (χ1n) is 9.37. The van der Waals surface area contributed by atoms with Crippen LogP contribution in [0.2, 0.25) is 0 Å². The summed E-state index contributed by atoms with van der Waals surface area (Å²) in [5.74, 6) is 0.0552. The summed E-state index contributed by atoms with van der Waals surface area (Å²) >= 11 is 0. The van der Waals surface area contributed by atoms with Gasteiger partial charge in [0.05, 0.1) is 17.4 Å². The monoisotopic (exact) mass is 369 g/mol. The number of rotatable bonds is 4. The average Bonchev–Trinajstić information content (AvgIpc) is 2.88. The van der Waals surface area contributed by atoms with E-state index in [9.17, 15) is 23.1 Å². The molecule has 144 valence electrons. The van der Waals surface area contributed by atoms with Crippen molar-refractivity contribution in [3.05, 3.63) is 29.8 Å². The van der Waals surface area contributed by atoms with Crippen molar-refractivity contribution in [3.8, 4) is 0 Å². The quantitative estimate of drug-likeness (QED) is 0.841. The summed E-state index contributed by atoms with van der Waals surface area (Å²) in [4.78, 5) is 14.7. The molecule has 1 N–H and O–H groups in total. The van der Waals surface area contributed by atoms with Gasteiger partial charge in [0.15, 0.2) is 0 Å². The molecule has 1 saturated heterocycles. The minimum absolute atomic E-state index is 0.0552. The molecule has 1 saturated carbocycles. The maximum Gasteiger partial charge on any atom is 0.393 e. The van der Waals surface area contributed by atoms with Crippen LogP contribution in [-0.2, 0) is 11.2 Å². The Bertz CT molecular complexity index is 646. The van der Waals surface area contributed by atoms with E-state index in [1.54, 1.807) is 17.0 Å². The van der Waals surface area contributed by atoms with Crippen molar-refractivity contribution >= 4 is 11.6 Å². The van der Waals surface area contributed by atoms with Gasteiger partial charge < -0.3 is 10.0 Å². The third kappa shape index (κ3) is 3.90. The third-order valence-electron chi connectivity index (χ3n) is 6.02. The SMILES string of the molecule is CCC[C@]1(O)CC[C@]2(CCN(c3ccc(CC(F)(F)F)cc3)C2=O)CC1. The molecule has 1 amide bonds. The van der Waals surface area contributed by atoms with Gasteiger partial charge >= 0.3 is 6.18 Å². The summed E-state index contributed by atoms with van der Waals surface area (Å²) in [5, 5.41) is 10.6. The van der Waals surface area contributed by atoms with Crippen molar-refractivity contribution in [1.29, 1.82) is 0 Å². The third-order valence-corrected chi connectivity index (χ3v) is 6.02. The second-order valence-corrected chi connectivity index (χ2v) is 7.92. The fourth-order valence-corrected chi connectivity index (χ4v) is 4.47. The standard InChI is InChI=1S/C20H26F3NO2/c1-2-7-19(26)10-8-18(9-11-19)12-13-24(17(18)25)16-5-3-15(4-6-16)14-20(21,22)23/h3-6,26H,2,7-14H2,1H3/t18-,19+. The van der Waals surface area contributed by atoms with E-state index in [4.69, 9.17) is 0 Å². The summed E-state index contributed by atoms with van der Waals surface area (Å²) in [6.07, 6.45) is -0.0900. The van der Waals surface area contributed by atoms with Crippen molar-refractivity contribution in [3.63, 3.8) is 0 Å². The van der Waals surface area contributed by atoms with Crippen molar-refractivity contribution in [2.45, 2.75) is 70.1 Å². The number of hydrogen-bond donors (Lipinski definition) is 1. The number of halogens is 3. The Hall–Kier alpha value is -1.56. The second-order valence-electron chi connectivity index (χ2n) is 7.92. The van der Waals surface area contributed by atoms with Gasteiger partial charge in [0.25, 0.3) is 0 Å². The van der Waals surface area contributed by atoms with Crippen LogP contribution < -0.4 is 4.90 Å². The number of benzene rings is 1. The fourth-order valence-electron chi connectivity index (χ4n) is 4.47. The molecule has 0 unspecified atom stereocenters. The lowest BCUT2D eigenvalue weighted by Crippen LogP contribution is -2.43. The maximum absolute atomic E-state index is 13.0. The van der Waals surface area contributed by atoms with E-state index in [1.165, 1.54) is 12.1 Å². The zero-order valence-electron chi connectivity index (χ0n) is 15.1. The van der Waals surface area contributed by atoms with E-state index >= 15 is 0 Å². The molecule has 26 heavy (non-hydrogen) atoms. The van der Waals surface area contributed by atoms with Crippen LogP contribution in [-0.4, -0.2) is 29.3 Å². The van der Waals surface area contributed by atoms with Gasteiger partial charge in [-0.25, -0.2) is 0 Å². The van der Waals surface area contributed by atoms with Crippen LogP contribution in [0.5, 0.6) is 0 Å². The minimum atomic E-state index is -4.23. The maximum atomic E-state index is 13.0. The summed E-state index contributed by atoms with van der Waals surface area (Å²) in [7, 11) is 0. The first-order chi connectivity index (χ1) is 12.2. The number of amides is 1. The summed E-state index contributed by atoms with van der Waals surface area (Å²) in [6, 6.07) is 6.10. The lowest BCUT2D eigenvalue weighted by atomic mass is 9.67. The molecule has 1 aliphatic heterocycles. The molecule has 0 aromatic heterocycles. The summed E-state index contributed by atoms with van der Waals surface area (Å²) < 4.78 is 37.4. The number of carbonyl (C=O) groups excluding carboxylic acids is 1. The average molecular weight is 369 g/mol. The van der Waals surface area contributed by atoms with E-state index < -0.39 is 23.6 Å². The van der Waals surface area contributed by atoms with E-state index in [0.29, 0.717) is 37.9 Å². The van der Waals surface area contributed by atoms with Gasteiger partial charge in [-0.2, -0.15) is 13.2 Å². The molecule has 3 rings (SSSR count). The molecule has 1 aliphatic carbocycles. The van der Waals surface area contributed by atoms with Crippen LogP contribution in [0.1, 0.15) is 57.4 Å². The number of aliphatic hydroxyl groups is 1. The van der Waals surface area contributed by atoms with Gasteiger partial charge in [-0.1, -0.05) is 25.5 Å². The Morgan fingerprint density at radius 2 is 1.69 bits per heavy atom. The Balaban J connectivity index is 1.68. The molecule has 1 aromatic rings. The predicted octanol–water partition coefficient (Wildman–Crippen LogP) is 4.62. The smallest absolute Gasteiger partial charge is 0.390 e. The highest BCUT2D eigenvalue weighted by molar-refractivity contribution is 6.00. The second kappa shape index (κ2) is 6.87. The summed E-state index contributed by atoms with van der Waals surface area (Å²) in [6.45, 7) is 2.64. The van der Waals surface area contributed by atoms with E-state index in [-0.39, 0.29) is 11.5 Å². The lowest BCUT2D eigenvalue weighted by molar-refractivity contribution is -0.131. The molecule has 2 fully saturated rings. The highest BCUT2D eigenvalue weighted by Crippen LogP contribution is 2.49. The molecule has 0 atom stereocenters. The first-order valence-corrected chi connectivity index (χ1v) is 9.37. The van der Waals surface area contributed by atoms with Gasteiger partial charge in [0, 0.05) is 12.2 Å². The minimum Gasteiger partial charge on any atom is -0.390 e. The van der Waals surface area contributed by atoms with Crippen molar-refractivity contribution in [2.24, 2.45) is 5.41 Å². The number of nitrogens with zero attached hydrogens (tertiary/aromatic N) is 1. The molecule has 0 bridgehead atoms. The first kappa shape index (κ1) is 19.2. The van der Waals surface area contributed by atoms with Gasteiger partial charge in [0.2, 0.25) is 5.91 Å². The van der Waals surface area contributed by atoms with Gasteiger partial charge in [0.1, 0.15) is 0 Å². The van der Waals surface area contributed by atoms with Crippen LogP contribution in [0.15, 0.2) is 24.3 Å². The Kier molecular flexibility index (Phi) is 5.08. The Morgan fingerprint density at radius 1 is 1.08 bits per heavy atom. The largest absolute Gasteiger partial charge is 0.393 e. The van der Waals surface area contributed by atoms with E-state index in [1.807, 2.05) is 6.92 Å². The van der Waals surface area contributed by atoms with Crippen LogP contribution in [0.25, 0.3) is 0 Å². The highest BCUT2D eigenvalue weighted by atomic mass is 19.4. The van der Waals surface area contributed by atoms with Crippen LogP contribution in [0, 0.1) is 5.41 Å².